The van der Waals surface area contributed by atoms with Crippen LogP contribution >= 0.6 is 0 Å². The number of carbonyl (C=O) groups is 5. The monoisotopic (exact) mass is 802 g/mol. The van der Waals surface area contributed by atoms with E-state index in [1.807, 2.05) is 36.4 Å². The molecule has 1 N–H and O–H groups in total. The smallest absolute Gasteiger partial charge is 0.339 e. The zero-order valence-electron chi connectivity index (χ0n) is 33.2. The molecule has 1 aliphatic rings. The standard InChI is InChI=1S/C44H50O14/c1-28(2)39(46)51-19-7-21-53-41(48)30-9-18-37(38(23-30)43(50)54-22-8-20-52-40(47)29(3)4)42(49)58-25-33(45)24-55-34-14-10-31(11-15-34)44(5,6)32-12-16-35(17-13-32)56-26-36-27-57-36/h9-18,23,33,36,45H,1,3,7-8,19-22,24-27H2,2,4-6H3. The fourth-order valence-electron chi connectivity index (χ4n) is 5.15. The Morgan fingerprint density at radius 3 is 1.67 bits per heavy atom. The van der Waals surface area contributed by atoms with Gasteiger partial charge in [0.05, 0.1) is 49.7 Å². The second-order valence-corrected chi connectivity index (χ2v) is 14.1. The van der Waals surface area contributed by atoms with E-state index >= 15 is 0 Å². The summed E-state index contributed by atoms with van der Waals surface area (Å²) in [4.78, 5) is 62.3. The summed E-state index contributed by atoms with van der Waals surface area (Å²) >= 11 is 0. The Kier molecular flexibility index (Phi) is 16.6. The van der Waals surface area contributed by atoms with Crippen LogP contribution < -0.4 is 9.47 Å². The lowest BCUT2D eigenvalue weighted by Gasteiger charge is -2.26. The van der Waals surface area contributed by atoms with Gasteiger partial charge < -0.3 is 43.0 Å². The highest BCUT2D eigenvalue weighted by molar-refractivity contribution is 6.05. The zero-order valence-corrected chi connectivity index (χ0v) is 33.2. The van der Waals surface area contributed by atoms with Crippen molar-refractivity contribution in [3.05, 3.63) is 119 Å². The number of carbonyl (C=O) groups excluding carboxylic acids is 5. The van der Waals surface area contributed by atoms with Gasteiger partial charge in [0.15, 0.2) is 0 Å². The first-order valence-corrected chi connectivity index (χ1v) is 18.7. The van der Waals surface area contributed by atoms with Crippen LogP contribution in [0.4, 0.5) is 0 Å². The Morgan fingerprint density at radius 2 is 1.16 bits per heavy atom. The molecule has 1 saturated heterocycles. The van der Waals surface area contributed by atoms with Crippen molar-refractivity contribution in [2.75, 3.05) is 52.9 Å². The van der Waals surface area contributed by atoms with Crippen LogP contribution in [-0.2, 0) is 43.4 Å². The number of ether oxygens (including phenoxy) is 8. The molecule has 0 aliphatic carbocycles. The van der Waals surface area contributed by atoms with Gasteiger partial charge in [-0.25, -0.2) is 24.0 Å². The van der Waals surface area contributed by atoms with Gasteiger partial charge in [0.1, 0.15) is 43.5 Å². The predicted octanol–water partition coefficient (Wildman–Crippen LogP) is 5.72. The fraction of sp³-hybridized carbons (Fsp3) is 0.386. The summed E-state index contributed by atoms with van der Waals surface area (Å²) in [7, 11) is 0. The van der Waals surface area contributed by atoms with E-state index in [0.717, 1.165) is 29.5 Å². The first-order chi connectivity index (χ1) is 27.6. The number of aliphatic hydroxyl groups is 1. The van der Waals surface area contributed by atoms with Crippen molar-refractivity contribution >= 4 is 29.8 Å². The molecule has 3 aromatic rings. The van der Waals surface area contributed by atoms with E-state index in [2.05, 4.69) is 27.0 Å². The third kappa shape index (κ3) is 13.9. The van der Waals surface area contributed by atoms with Gasteiger partial charge in [0.25, 0.3) is 0 Å². The van der Waals surface area contributed by atoms with E-state index in [9.17, 15) is 29.1 Å². The van der Waals surface area contributed by atoms with E-state index in [1.165, 1.54) is 26.0 Å². The van der Waals surface area contributed by atoms with E-state index in [-0.39, 0.29) is 85.2 Å². The first kappa shape index (κ1) is 44.7. The zero-order chi connectivity index (χ0) is 42.2. The van der Waals surface area contributed by atoms with Gasteiger partial charge in [0, 0.05) is 29.4 Å². The molecule has 310 valence electrons. The maximum absolute atomic E-state index is 13.2. The van der Waals surface area contributed by atoms with Gasteiger partial charge in [0.2, 0.25) is 0 Å². The molecule has 0 aromatic heterocycles. The molecule has 0 radical (unpaired) electrons. The lowest BCUT2D eigenvalue weighted by Crippen LogP contribution is -2.26. The summed E-state index contributed by atoms with van der Waals surface area (Å²) in [5.74, 6) is -2.62. The minimum atomic E-state index is -1.23. The Bertz CT molecular complexity index is 1930. The highest BCUT2D eigenvalue weighted by atomic mass is 16.6. The average Bonchev–Trinajstić information content (AvgIpc) is 4.05. The molecule has 0 amide bonds. The van der Waals surface area contributed by atoms with Crippen molar-refractivity contribution in [1.82, 2.24) is 0 Å². The quantitative estimate of drug-likeness (QED) is 0.0404. The van der Waals surface area contributed by atoms with Gasteiger partial charge in [-0.05, 0) is 67.4 Å². The number of benzene rings is 3. The Morgan fingerprint density at radius 1 is 0.672 bits per heavy atom. The molecular weight excluding hydrogens is 752 g/mol. The van der Waals surface area contributed by atoms with Crippen LogP contribution in [0.2, 0.25) is 0 Å². The number of epoxide rings is 1. The average molecular weight is 803 g/mol. The molecule has 4 rings (SSSR count). The van der Waals surface area contributed by atoms with Crippen LogP contribution in [0.25, 0.3) is 0 Å². The number of rotatable bonds is 23. The summed E-state index contributed by atoms with van der Waals surface area (Å²) in [6.45, 7) is 14.5. The van der Waals surface area contributed by atoms with Gasteiger partial charge in [-0.2, -0.15) is 0 Å². The Balaban J connectivity index is 1.31. The van der Waals surface area contributed by atoms with Crippen molar-refractivity contribution in [3.63, 3.8) is 0 Å². The summed E-state index contributed by atoms with van der Waals surface area (Å²) in [5, 5.41) is 10.6. The van der Waals surface area contributed by atoms with Crippen molar-refractivity contribution in [2.45, 2.75) is 58.2 Å². The van der Waals surface area contributed by atoms with E-state index in [0.29, 0.717) is 12.4 Å². The van der Waals surface area contributed by atoms with Gasteiger partial charge in [-0.1, -0.05) is 51.3 Å². The summed E-state index contributed by atoms with van der Waals surface area (Å²) in [6, 6.07) is 19.0. The molecular formula is C44H50O14. The van der Waals surface area contributed by atoms with E-state index in [4.69, 9.17) is 37.9 Å². The predicted molar refractivity (Wildman–Crippen MR) is 210 cm³/mol. The Labute approximate surface area is 337 Å². The van der Waals surface area contributed by atoms with Crippen molar-refractivity contribution in [2.24, 2.45) is 0 Å². The van der Waals surface area contributed by atoms with Crippen LogP contribution in [0.5, 0.6) is 11.5 Å². The molecule has 0 saturated carbocycles. The number of aliphatic hydroxyl groups excluding tert-OH is 1. The molecule has 14 nitrogen and oxygen atoms in total. The largest absolute Gasteiger partial charge is 0.491 e. The van der Waals surface area contributed by atoms with Crippen molar-refractivity contribution < 1.29 is 67.0 Å². The highest BCUT2D eigenvalue weighted by Gasteiger charge is 2.26. The summed E-state index contributed by atoms with van der Waals surface area (Å²) in [6.07, 6.45) is -0.692. The molecule has 0 bridgehead atoms. The molecule has 2 atom stereocenters. The lowest BCUT2D eigenvalue weighted by atomic mass is 9.78. The molecule has 1 heterocycles. The highest BCUT2D eigenvalue weighted by Crippen LogP contribution is 2.33. The normalized spacial score (nSPS) is 13.6. The number of hydrogen-bond donors (Lipinski definition) is 1. The second-order valence-electron chi connectivity index (χ2n) is 14.1. The third-order valence-electron chi connectivity index (χ3n) is 8.74. The molecule has 14 heteroatoms. The van der Waals surface area contributed by atoms with E-state index in [1.54, 1.807) is 12.1 Å². The SMILES string of the molecule is C=C(C)C(=O)OCCCOC(=O)c1ccc(C(=O)OCC(O)COc2ccc(C(C)(C)c3ccc(OCC4CO4)cc3)cc2)c(C(=O)OCCCOC(=O)C(=C)C)c1. The fourth-order valence-corrected chi connectivity index (χ4v) is 5.15. The van der Waals surface area contributed by atoms with Gasteiger partial charge in [-0.15, -0.1) is 0 Å². The molecule has 3 aromatic carbocycles. The van der Waals surface area contributed by atoms with Crippen LogP contribution in [0.15, 0.2) is 91.0 Å². The second kappa shape index (κ2) is 21.5. The van der Waals surface area contributed by atoms with Crippen molar-refractivity contribution in [3.8, 4) is 11.5 Å². The minimum absolute atomic E-state index is 0.00566. The van der Waals surface area contributed by atoms with Crippen LogP contribution in [-0.4, -0.2) is 100 Å². The van der Waals surface area contributed by atoms with Crippen LogP contribution in [0.1, 0.15) is 82.7 Å². The number of esters is 5. The summed E-state index contributed by atoms with van der Waals surface area (Å²) < 4.78 is 42.5. The van der Waals surface area contributed by atoms with Gasteiger partial charge >= 0.3 is 29.8 Å². The third-order valence-corrected chi connectivity index (χ3v) is 8.74. The minimum Gasteiger partial charge on any atom is -0.491 e. The van der Waals surface area contributed by atoms with Gasteiger partial charge in [-0.3, -0.25) is 0 Å². The number of hydrogen-bond acceptors (Lipinski definition) is 14. The first-order valence-electron chi connectivity index (χ1n) is 18.7. The van der Waals surface area contributed by atoms with Crippen LogP contribution in [0, 0.1) is 0 Å². The Hall–Kier alpha value is -5.99. The topological polar surface area (TPSA) is 183 Å². The maximum atomic E-state index is 13.2. The maximum Gasteiger partial charge on any atom is 0.339 e. The molecule has 1 aliphatic heterocycles. The van der Waals surface area contributed by atoms with Crippen LogP contribution in [0.3, 0.4) is 0 Å². The molecule has 1 fully saturated rings. The van der Waals surface area contributed by atoms with Crippen molar-refractivity contribution in [1.29, 1.82) is 0 Å². The molecule has 0 spiro atoms. The summed E-state index contributed by atoms with van der Waals surface area (Å²) in [5.41, 5.74) is 1.66. The van der Waals surface area contributed by atoms with E-state index < -0.39 is 42.6 Å². The molecule has 58 heavy (non-hydrogen) atoms. The molecule has 2 unspecified atom stereocenters. The lowest BCUT2D eigenvalue weighted by molar-refractivity contribution is -0.140.